The third-order valence-corrected chi connectivity index (χ3v) is 5.14. The molecule has 0 unspecified atom stereocenters. The zero-order valence-corrected chi connectivity index (χ0v) is 16.4. The molecular formula is C21H21O11+. The lowest BCUT2D eigenvalue weighted by atomic mass is 9.99. The van der Waals surface area contributed by atoms with E-state index in [4.69, 9.17) is 13.9 Å². The molecule has 0 spiro atoms. The summed E-state index contributed by atoms with van der Waals surface area (Å²) in [6, 6.07) is 7.45. The quantitative estimate of drug-likeness (QED) is 0.257. The van der Waals surface area contributed by atoms with Crippen molar-refractivity contribution in [2.75, 3.05) is 6.61 Å². The monoisotopic (exact) mass is 449 g/mol. The summed E-state index contributed by atoms with van der Waals surface area (Å²) in [7, 11) is 0. The van der Waals surface area contributed by atoms with Gasteiger partial charge in [0.1, 0.15) is 41.3 Å². The molecule has 0 radical (unpaired) electrons. The second kappa shape index (κ2) is 8.30. The normalized spacial score (nSPS) is 25.7. The molecule has 0 aliphatic carbocycles. The zero-order valence-electron chi connectivity index (χ0n) is 16.4. The Morgan fingerprint density at radius 1 is 0.844 bits per heavy atom. The van der Waals surface area contributed by atoms with Gasteiger partial charge in [-0.3, -0.25) is 0 Å². The molecule has 3 aromatic rings. The van der Waals surface area contributed by atoms with Gasteiger partial charge in [-0.25, -0.2) is 4.42 Å². The number of phenols is 3. The fourth-order valence-corrected chi connectivity index (χ4v) is 3.45. The number of aliphatic hydroxyl groups is 4. The van der Waals surface area contributed by atoms with Crippen molar-refractivity contribution in [3.05, 3.63) is 36.4 Å². The smallest absolute Gasteiger partial charge is 0.402 e. The minimum atomic E-state index is -1.66. The summed E-state index contributed by atoms with van der Waals surface area (Å²) >= 11 is 0. The van der Waals surface area contributed by atoms with Crippen LogP contribution >= 0.6 is 0 Å². The molecule has 1 aliphatic rings. The highest BCUT2D eigenvalue weighted by molar-refractivity contribution is 5.88. The number of rotatable bonds is 4. The maximum atomic E-state index is 10.4. The molecule has 1 aliphatic heterocycles. The van der Waals surface area contributed by atoms with Gasteiger partial charge in [0.05, 0.1) is 18.2 Å². The highest BCUT2D eigenvalue weighted by atomic mass is 16.7. The van der Waals surface area contributed by atoms with Crippen LogP contribution in [0.1, 0.15) is 0 Å². The molecule has 0 amide bonds. The van der Waals surface area contributed by atoms with Crippen molar-refractivity contribution in [1.82, 2.24) is 0 Å². The number of ether oxygens (including phenoxy) is 2. The lowest BCUT2D eigenvalue weighted by molar-refractivity contribution is -0.277. The number of hydrogen-bond donors (Lipinski definition) is 8. The van der Waals surface area contributed by atoms with Gasteiger partial charge >= 0.3 is 11.3 Å². The van der Waals surface area contributed by atoms with E-state index in [1.54, 1.807) is 0 Å². The van der Waals surface area contributed by atoms with Crippen molar-refractivity contribution in [2.24, 2.45) is 0 Å². The molecule has 1 saturated heterocycles. The summed E-state index contributed by atoms with van der Waals surface area (Å²) in [5.41, 5.74) is 0.294. The van der Waals surface area contributed by atoms with Crippen molar-refractivity contribution in [2.45, 2.75) is 30.7 Å². The van der Waals surface area contributed by atoms with Gasteiger partial charge in [0.2, 0.25) is 12.0 Å². The zero-order chi connectivity index (χ0) is 23.2. The highest BCUT2D eigenvalue weighted by Crippen LogP contribution is 2.41. The third kappa shape index (κ3) is 3.83. The maximum Gasteiger partial charge on any atom is 0.402 e. The van der Waals surface area contributed by atoms with Crippen molar-refractivity contribution in [3.63, 3.8) is 0 Å². The summed E-state index contributed by atoms with van der Waals surface area (Å²) in [4.78, 5) is 0. The Hall–Kier alpha value is -3.35. The molecule has 4 rings (SSSR count). The summed E-state index contributed by atoms with van der Waals surface area (Å²) in [6.45, 7) is -0.635. The van der Waals surface area contributed by atoms with Crippen LogP contribution in [0, 0.1) is 0 Å². The Bertz CT molecular complexity index is 1150. The molecule has 8 N–H and O–H groups in total. The minimum Gasteiger partial charge on any atom is -0.507 e. The molecule has 11 nitrogen and oxygen atoms in total. The molecule has 32 heavy (non-hydrogen) atoms. The summed E-state index contributed by atoms with van der Waals surface area (Å²) in [5.74, 6) is -1.56. The molecule has 1 aromatic heterocycles. The van der Waals surface area contributed by atoms with E-state index >= 15 is 0 Å². The van der Waals surface area contributed by atoms with E-state index in [9.17, 15) is 40.9 Å². The van der Waals surface area contributed by atoms with Crippen molar-refractivity contribution in [1.29, 1.82) is 0 Å². The van der Waals surface area contributed by atoms with E-state index in [2.05, 4.69) is 0 Å². The van der Waals surface area contributed by atoms with E-state index < -0.39 is 43.1 Å². The van der Waals surface area contributed by atoms with Crippen molar-refractivity contribution >= 4 is 11.0 Å². The topological polar surface area (TPSA) is 192 Å². The average molecular weight is 449 g/mol. The van der Waals surface area contributed by atoms with Crippen LogP contribution in [0.4, 0.5) is 0 Å². The Labute approximate surface area is 180 Å². The van der Waals surface area contributed by atoms with Crippen LogP contribution in [0.3, 0.4) is 0 Å². The number of fused-ring (bicyclic) bond motifs is 1. The van der Waals surface area contributed by atoms with Crippen LogP contribution in [-0.2, 0) is 4.74 Å². The second-order valence-electron chi connectivity index (χ2n) is 7.34. The van der Waals surface area contributed by atoms with E-state index in [0.29, 0.717) is 0 Å². The van der Waals surface area contributed by atoms with Gasteiger partial charge in [0.25, 0.3) is 0 Å². The lowest BCUT2D eigenvalue weighted by Gasteiger charge is -2.39. The molecule has 5 atom stereocenters. The predicted octanol–water partition coefficient (Wildman–Crippen LogP) is 0.382. The van der Waals surface area contributed by atoms with Crippen LogP contribution in [0.15, 0.2) is 40.8 Å². The van der Waals surface area contributed by atoms with Gasteiger partial charge in [-0.2, -0.15) is 0 Å². The number of aliphatic hydroxyl groups excluding tert-OH is 4. The Kier molecular flexibility index (Phi) is 5.67. The van der Waals surface area contributed by atoms with Crippen LogP contribution in [0.25, 0.3) is 22.3 Å². The van der Waals surface area contributed by atoms with Crippen LogP contribution in [0.2, 0.25) is 0 Å². The number of phenolic OH excluding ortho intramolecular Hbond substituents is 3. The first-order valence-electron chi connectivity index (χ1n) is 9.52. The SMILES string of the molecule is OC[C@H]1O[C@@H](Oc2ccc(-c3[o+]c4cc(O)cc(O)c4cc3O)cc2O)[C@H](O)[C@@H](O)[C@@H]1O. The summed E-state index contributed by atoms with van der Waals surface area (Å²) < 4.78 is 16.2. The molecule has 170 valence electrons. The molecule has 0 bridgehead atoms. The molecule has 2 aromatic carbocycles. The third-order valence-electron chi connectivity index (χ3n) is 5.14. The maximum absolute atomic E-state index is 10.4. The molecule has 0 saturated carbocycles. The summed E-state index contributed by atoms with van der Waals surface area (Å²) in [6.07, 6.45) is -7.53. The van der Waals surface area contributed by atoms with Gasteiger partial charge in [0.15, 0.2) is 11.5 Å². The fraction of sp³-hybridized carbons (Fsp3) is 0.286. The average Bonchev–Trinajstić information content (AvgIpc) is 2.75. The van der Waals surface area contributed by atoms with E-state index in [1.807, 2.05) is 0 Å². The van der Waals surface area contributed by atoms with Gasteiger partial charge in [0, 0.05) is 18.2 Å². The van der Waals surface area contributed by atoms with Crippen molar-refractivity contribution < 1.29 is 54.7 Å². The van der Waals surface area contributed by atoms with Crippen LogP contribution in [0.5, 0.6) is 28.7 Å². The first-order chi connectivity index (χ1) is 15.2. The Morgan fingerprint density at radius 3 is 2.28 bits per heavy atom. The number of benzene rings is 2. The number of aromatic hydroxyl groups is 4. The predicted molar refractivity (Wildman–Crippen MR) is 107 cm³/mol. The standard InChI is InChI=1S/C21H20O11/c22-7-16-17(27)18(28)19(29)21(32-16)31-14-2-1-8(3-12(14)25)20-13(26)6-10-11(24)4-9(23)5-15(10)30-20/h1-6,16-19,21-22,27-29H,7H2,(H3-,23,24,25,26)/p+1/t16-,17-,18+,19-,21-/m1/s1. The first-order valence-corrected chi connectivity index (χ1v) is 9.52. The van der Waals surface area contributed by atoms with Gasteiger partial charge in [-0.1, -0.05) is 0 Å². The molecular weight excluding hydrogens is 428 g/mol. The number of hydrogen-bond acceptors (Lipinski definition) is 10. The van der Waals surface area contributed by atoms with E-state index in [-0.39, 0.29) is 45.3 Å². The molecule has 11 heteroatoms. The largest absolute Gasteiger partial charge is 0.507 e. The fourth-order valence-electron chi connectivity index (χ4n) is 3.45. The van der Waals surface area contributed by atoms with Crippen LogP contribution in [-0.4, -0.2) is 78.2 Å². The molecule has 2 heterocycles. The first kappa shape index (κ1) is 21.9. The van der Waals surface area contributed by atoms with Gasteiger partial charge < -0.3 is 50.3 Å². The highest BCUT2D eigenvalue weighted by Gasteiger charge is 2.45. The molecule has 1 fully saturated rings. The Balaban J connectivity index is 1.63. The van der Waals surface area contributed by atoms with Crippen molar-refractivity contribution in [3.8, 4) is 40.1 Å². The van der Waals surface area contributed by atoms with Crippen LogP contribution < -0.4 is 4.74 Å². The Morgan fingerprint density at radius 2 is 1.59 bits per heavy atom. The lowest BCUT2D eigenvalue weighted by Crippen LogP contribution is -2.60. The van der Waals surface area contributed by atoms with Gasteiger partial charge in [-0.05, 0) is 12.1 Å². The second-order valence-corrected chi connectivity index (χ2v) is 7.34. The van der Waals surface area contributed by atoms with Gasteiger partial charge in [-0.15, -0.1) is 0 Å². The summed E-state index contributed by atoms with van der Waals surface area (Å²) in [5, 5.41) is 79.4. The van der Waals surface area contributed by atoms with E-state index in [1.165, 1.54) is 30.3 Å². The minimum absolute atomic E-state index is 0.0720. The van der Waals surface area contributed by atoms with E-state index in [0.717, 1.165) is 6.07 Å².